The van der Waals surface area contributed by atoms with E-state index in [4.69, 9.17) is 11.6 Å². The maximum absolute atomic E-state index is 5.95. The number of fused-ring (bicyclic) bond motifs is 1. The first kappa shape index (κ1) is 13.1. The van der Waals surface area contributed by atoms with Crippen molar-refractivity contribution in [2.24, 2.45) is 0 Å². The van der Waals surface area contributed by atoms with Crippen LogP contribution in [0, 0.1) is 0 Å². The minimum Gasteiger partial charge on any atom is -0.311 e. The second-order valence-corrected chi connectivity index (χ2v) is 5.08. The van der Waals surface area contributed by atoms with Crippen LogP contribution in [0.25, 0.3) is 5.65 Å². The van der Waals surface area contributed by atoms with Crippen LogP contribution in [0.5, 0.6) is 0 Å². The standard InChI is InChI=1S/C14H16ClN5/c15-12-3-4-14-18-13(11-19(14)10-12)9-16-5-1-7-20-8-2-6-17-20/h2-4,6,8,10-11,16H,1,5,7,9H2. The van der Waals surface area contributed by atoms with E-state index >= 15 is 0 Å². The Bertz CT molecular complexity index is 674. The van der Waals surface area contributed by atoms with E-state index in [2.05, 4.69) is 15.4 Å². The zero-order chi connectivity index (χ0) is 13.8. The minimum atomic E-state index is 0.716. The normalized spacial score (nSPS) is 11.2. The fourth-order valence-corrected chi connectivity index (χ4v) is 2.29. The van der Waals surface area contributed by atoms with Crippen molar-refractivity contribution in [3.05, 3.63) is 53.7 Å². The number of imidazole rings is 1. The van der Waals surface area contributed by atoms with Crippen molar-refractivity contribution in [3.8, 4) is 0 Å². The van der Waals surface area contributed by atoms with Gasteiger partial charge >= 0.3 is 0 Å². The molecule has 0 aromatic carbocycles. The van der Waals surface area contributed by atoms with Crippen LogP contribution in [0.15, 0.2) is 43.0 Å². The minimum absolute atomic E-state index is 0.716. The molecule has 0 bridgehead atoms. The molecule has 0 unspecified atom stereocenters. The average Bonchev–Trinajstić information content (AvgIpc) is 3.06. The lowest BCUT2D eigenvalue weighted by Crippen LogP contribution is -2.16. The average molecular weight is 290 g/mol. The predicted octanol–water partition coefficient (Wildman–Crippen LogP) is 2.36. The van der Waals surface area contributed by atoms with E-state index in [1.807, 2.05) is 45.9 Å². The zero-order valence-electron chi connectivity index (χ0n) is 11.0. The summed E-state index contributed by atoms with van der Waals surface area (Å²) in [6, 6.07) is 5.71. The summed E-state index contributed by atoms with van der Waals surface area (Å²) in [5.74, 6) is 0. The highest BCUT2D eigenvalue weighted by Gasteiger charge is 2.01. The molecule has 3 aromatic heterocycles. The number of aryl methyl sites for hydroxylation is 1. The predicted molar refractivity (Wildman–Crippen MR) is 78.8 cm³/mol. The SMILES string of the molecule is Clc1ccc2nc(CNCCCn3cccn3)cn2c1. The van der Waals surface area contributed by atoms with Crippen LogP contribution in [0.2, 0.25) is 5.02 Å². The van der Waals surface area contributed by atoms with Gasteiger partial charge in [-0.15, -0.1) is 0 Å². The van der Waals surface area contributed by atoms with Crippen LogP contribution in [0.4, 0.5) is 0 Å². The summed E-state index contributed by atoms with van der Waals surface area (Å²) in [6.07, 6.45) is 8.69. The van der Waals surface area contributed by atoms with E-state index in [0.717, 1.165) is 37.4 Å². The monoisotopic (exact) mass is 289 g/mol. The Kier molecular flexibility index (Phi) is 3.99. The topological polar surface area (TPSA) is 47.2 Å². The van der Waals surface area contributed by atoms with Crippen LogP contribution in [0.1, 0.15) is 12.1 Å². The Morgan fingerprint density at radius 1 is 1.25 bits per heavy atom. The van der Waals surface area contributed by atoms with Gasteiger partial charge in [0, 0.05) is 37.9 Å². The lowest BCUT2D eigenvalue weighted by molar-refractivity contribution is 0.541. The zero-order valence-corrected chi connectivity index (χ0v) is 11.8. The van der Waals surface area contributed by atoms with Gasteiger partial charge in [0.15, 0.2) is 0 Å². The molecule has 0 aliphatic carbocycles. The first-order valence-corrected chi connectivity index (χ1v) is 7.00. The Balaban J connectivity index is 1.47. The molecule has 1 N–H and O–H groups in total. The molecule has 0 amide bonds. The molecule has 0 spiro atoms. The molecular weight excluding hydrogens is 274 g/mol. The van der Waals surface area contributed by atoms with E-state index in [9.17, 15) is 0 Å². The smallest absolute Gasteiger partial charge is 0.137 e. The summed E-state index contributed by atoms with van der Waals surface area (Å²) < 4.78 is 3.89. The second kappa shape index (κ2) is 6.07. The molecule has 6 heteroatoms. The maximum atomic E-state index is 5.95. The molecular formula is C14H16ClN5. The van der Waals surface area contributed by atoms with E-state index < -0.39 is 0 Å². The second-order valence-electron chi connectivity index (χ2n) is 4.64. The van der Waals surface area contributed by atoms with Gasteiger partial charge in [-0.05, 0) is 31.2 Å². The molecule has 3 rings (SSSR count). The van der Waals surface area contributed by atoms with Gasteiger partial charge in [-0.3, -0.25) is 4.68 Å². The quantitative estimate of drug-likeness (QED) is 0.709. The Hall–Kier alpha value is -1.85. The number of halogens is 1. The molecule has 3 heterocycles. The molecule has 0 saturated carbocycles. The van der Waals surface area contributed by atoms with Crippen molar-refractivity contribution in [3.63, 3.8) is 0 Å². The summed E-state index contributed by atoms with van der Waals surface area (Å²) in [5, 5.41) is 8.28. The third-order valence-electron chi connectivity index (χ3n) is 3.07. The Morgan fingerprint density at radius 2 is 2.20 bits per heavy atom. The molecule has 0 atom stereocenters. The highest BCUT2D eigenvalue weighted by Crippen LogP contribution is 2.11. The van der Waals surface area contributed by atoms with Crippen LogP contribution >= 0.6 is 11.6 Å². The highest BCUT2D eigenvalue weighted by molar-refractivity contribution is 6.30. The fraction of sp³-hybridized carbons (Fsp3) is 0.286. The van der Waals surface area contributed by atoms with Crippen molar-refractivity contribution < 1.29 is 0 Å². The van der Waals surface area contributed by atoms with Crippen LogP contribution in [0.3, 0.4) is 0 Å². The number of nitrogens with one attached hydrogen (secondary N) is 1. The van der Waals surface area contributed by atoms with Gasteiger partial charge < -0.3 is 9.72 Å². The van der Waals surface area contributed by atoms with E-state index in [1.54, 1.807) is 6.20 Å². The number of hydrogen-bond donors (Lipinski definition) is 1. The first-order valence-electron chi connectivity index (χ1n) is 6.62. The maximum Gasteiger partial charge on any atom is 0.137 e. The fourth-order valence-electron chi connectivity index (χ4n) is 2.12. The first-order chi connectivity index (χ1) is 9.81. The van der Waals surface area contributed by atoms with Crippen molar-refractivity contribution in [1.29, 1.82) is 0 Å². The molecule has 0 aliphatic heterocycles. The molecule has 104 valence electrons. The largest absolute Gasteiger partial charge is 0.311 e. The van der Waals surface area contributed by atoms with Gasteiger partial charge in [-0.25, -0.2) is 4.98 Å². The summed E-state index contributed by atoms with van der Waals surface area (Å²) >= 11 is 5.95. The highest BCUT2D eigenvalue weighted by atomic mass is 35.5. The van der Waals surface area contributed by atoms with E-state index in [1.165, 1.54) is 0 Å². The number of hydrogen-bond acceptors (Lipinski definition) is 3. The van der Waals surface area contributed by atoms with Crippen LogP contribution in [-0.4, -0.2) is 25.7 Å². The number of nitrogens with zero attached hydrogens (tertiary/aromatic N) is 4. The molecule has 20 heavy (non-hydrogen) atoms. The number of pyridine rings is 1. The van der Waals surface area contributed by atoms with Gasteiger partial charge in [0.05, 0.1) is 10.7 Å². The Labute approximate surface area is 122 Å². The summed E-state index contributed by atoms with van der Waals surface area (Å²) in [7, 11) is 0. The molecule has 3 aromatic rings. The summed E-state index contributed by atoms with van der Waals surface area (Å²) in [4.78, 5) is 4.53. The van der Waals surface area contributed by atoms with Crippen molar-refractivity contribution in [2.45, 2.75) is 19.5 Å². The number of rotatable bonds is 6. The molecule has 0 aliphatic rings. The van der Waals surface area contributed by atoms with Gasteiger partial charge in [0.2, 0.25) is 0 Å². The molecule has 5 nitrogen and oxygen atoms in total. The van der Waals surface area contributed by atoms with E-state index in [0.29, 0.717) is 5.02 Å². The van der Waals surface area contributed by atoms with E-state index in [-0.39, 0.29) is 0 Å². The van der Waals surface area contributed by atoms with Crippen molar-refractivity contribution in [1.82, 2.24) is 24.5 Å². The van der Waals surface area contributed by atoms with Gasteiger partial charge in [-0.2, -0.15) is 5.10 Å². The summed E-state index contributed by atoms with van der Waals surface area (Å²) in [5.41, 5.74) is 1.94. The molecule has 0 saturated heterocycles. The lowest BCUT2D eigenvalue weighted by atomic mass is 10.4. The van der Waals surface area contributed by atoms with Gasteiger partial charge in [0.1, 0.15) is 5.65 Å². The third-order valence-corrected chi connectivity index (χ3v) is 3.29. The molecule has 0 radical (unpaired) electrons. The Morgan fingerprint density at radius 3 is 3.05 bits per heavy atom. The third kappa shape index (κ3) is 3.18. The van der Waals surface area contributed by atoms with Crippen LogP contribution < -0.4 is 5.32 Å². The van der Waals surface area contributed by atoms with Gasteiger partial charge in [0.25, 0.3) is 0 Å². The van der Waals surface area contributed by atoms with Gasteiger partial charge in [-0.1, -0.05) is 11.6 Å². The summed E-state index contributed by atoms with van der Waals surface area (Å²) in [6.45, 7) is 2.63. The number of aromatic nitrogens is 4. The van der Waals surface area contributed by atoms with Crippen molar-refractivity contribution in [2.75, 3.05) is 6.54 Å². The molecule has 0 fully saturated rings. The van der Waals surface area contributed by atoms with Crippen molar-refractivity contribution >= 4 is 17.2 Å². The lowest BCUT2D eigenvalue weighted by Gasteiger charge is -2.03. The van der Waals surface area contributed by atoms with Crippen LogP contribution in [-0.2, 0) is 13.1 Å².